The summed E-state index contributed by atoms with van der Waals surface area (Å²) in [7, 11) is -13.1. The summed E-state index contributed by atoms with van der Waals surface area (Å²) in [6.07, 6.45) is 55.1. The minimum Gasteiger partial charge on any atom is -0.425 e. The van der Waals surface area contributed by atoms with Gasteiger partial charge >= 0.3 is 16.4 Å². The standard InChI is InChI=1S/6C10H11N3.3C9H9N3.C3F6NO4S2.3Co/c6*1-2-9-4-6-11-10(8-9)13-7-3-5-12-13;3*1-8-3-5-10-9(7-8)12-6-2-4-11-12;4-1(5)2(6,7)15(11,12)10-16(13,14)3(1,8)9;;;/h6*3-8H,2H2,1H3;3*2-7H,1H3;;;;/q;;;;;;;;;-1;;;. The van der Waals surface area contributed by atoms with Crippen molar-refractivity contribution >= 4 is 20.0 Å². The first kappa shape index (κ1) is 106. The van der Waals surface area contributed by atoms with Gasteiger partial charge in [-0.25, -0.2) is 104 Å². The molecule has 43 heteroatoms. The minimum absolute atomic E-state index is 0. The first-order chi connectivity index (χ1) is 62.7. The van der Waals surface area contributed by atoms with Crippen molar-refractivity contribution in [3.8, 4) is 52.4 Å². The Bertz CT molecular complexity index is 5750. The molecule has 3 radical (unpaired) electrons. The molecule has 1 aliphatic rings. The van der Waals surface area contributed by atoms with Crippen molar-refractivity contribution in [3.05, 3.63) is 385 Å². The molecule has 699 valence electrons. The van der Waals surface area contributed by atoms with Crippen LogP contribution in [0, 0.1) is 20.8 Å². The molecule has 19 rings (SSSR count). The Hall–Kier alpha value is -13.8. The van der Waals surface area contributed by atoms with Crippen LogP contribution in [-0.4, -0.2) is 166 Å². The van der Waals surface area contributed by atoms with Gasteiger partial charge in [-0.1, -0.05) is 41.5 Å². The summed E-state index contributed by atoms with van der Waals surface area (Å²) in [6, 6.07) is 53.3. The van der Waals surface area contributed by atoms with Crippen molar-refractivity contribution in [2.24, 2.45) is 0 Å². The van der Waals surface area contributed by atoms with Gasteiger partial charge in [0.05, 0.1) is 0 Å². The van der Waals surface area contributed by atoms with Crippen LogP contribution < -0.4 is 0 Å². The normalized spacial score (nSPS) is 12.7. The number of alkyl halides is 6. The quantitative estimate of drug-likeness (QED) is 0.0860. The molecule has 0 saturated carbocycles. The maximum absolute atomic E-state index is 12.4. The summed E-state index contributed by atoms with van der Waals surface area (Å²) in [6.45, 7) is 18.9. The third kappa shape index (κ3) is 30.4. The summed E-state index contributed by atoms with van der Waals surface area (Å²) in [5.41, 5.74) is 11.2. The van der Waals surface area contributed by atoms with Crippen LogP contribution in [0.2, 0.25) is 0 Å². The zero-order valence-electron chi connectivity index (χ0n) is 73.2. The van der Waals surface area contributed by atoms with Crippen molar-refractivity contribution in [2.45, 2.75) is 117 Å². The summed E-state index contributed by atoms with van der Waals surface area (Å²) < 4.78 is 133. The van der Waals surface area contributed by atoms with E-state index in [9.17, 15) is 43.2 Å². The van der Waals surface area contributed by atoms with Crippen LogP contribution in [0.3, 0.4) is 0 Å². The van der Waals surface area contributed by atoms with Crippen LogP contribution in [0.4, 0.5) is 26.3 Å². The molecule has 0 spiro atoms. The Morgan fingerprint density at radius 3 is 0.511 bits per heavy atom. The Morgan fingerprint density at radius 2 is 0.383 bits per heavy atom. The molecular formula is C90H93Co3F6N28O4S2-. The van der Waals surface area contributed by atoms with Crippen molar-refractivity contribution in [1.82, 2.24) is 133 Å². The van der Waals surface area contributed by atoms with E-state index in [1.54, 1.807) is 116 Å². The third-order valence-corrected chi connectivity index (χ3v) is 21.6. The summed E-state index contributed by atoms with van der Waals surface area (Å²) in [4.78, 5) is 37.9. The Balaban J connectivity index is 0.000000201. The van der Waals surface area contributed by atoms with E-state index in [4.69, 9.17) is 0 Å². The van der Waals surface area contributed by atoms with E-state index in [2.05, 4.69) is 132 Å². The first-order valence-corrected chi connectivity index (χ1v) is 43.4. The second-order valence-corrected chi connectivity index (χ2v) is 31.0. The van der Waals surface area contributed by atoms with Crippen LogP contribution >= 0.6 is 0 Å². The molecular weight excluding hydrogens is 1890 g/mol. The fourth-order valence-electron chi connectivity index (χ4n) is 11.1. The molecule has 0 atom stereocenters. The van der Waals surface area contributed by atoms with Gasteiger partial charge in [-0.2, -0.15) is 72.2 Å². The van der Waals surface area contributed by atoms with Gasteiger partial charge in [0, 0.05) is 218 Å². The fourth-order valence-corrected chi connectivity index (χ4v) is 13.9. The summed E-state index contributed by atoms with van der Waals surface area (Å²) in [5.74, 6) is 1.26. The largest absolute Gasteiger partial charge is 0.425 e. The molecule has 133 heavy (non-hydrogen) atoms. The van der Waals surface area contributed by atoms with Crippen LogP contribution in [0.15, 0.2) is 331 Å². The van der Waals surface area contributed by atoms with E-state index < -0.39 is 36.5 Å². The topological polar surface area (TPSA) is 359 Å². The Morgan fingerprint density at radius 1 is 0.241 bits per heavy atom. The van der Waals surface area contributed by atoms with Gasteiger partial charge in [-0.3, -0.25) is 0 Å². The molecule has 0 aliphatic carbocycles. The number of pyridine rings is 9. The number of halogens is 6. The van der Waals surface area contributed by atoms with E-state index in [1.807, 2.05) is 278 Å². The van der Waals surface area contributed by atoms with Crippen LogP contribution in [0.25, 0.3) is 56.5 Å². The predicted octanol–water partition coefficient (Wildman–Crippen LogP) is 16.6. The molecule has 0 N–H and O–H groups in total. The van der Waals surface area contributed by atoms with Crippen molar-refractivity contribution < 1.29 is 93.5 Å². The number of sulfonamides is 2. The van der Waals surface area contributed by atoms with Crippen LogP contribution in [0.5, 0.6) is 0 Å². The zero-order chi connectivity index (χ0) is 92.9. The molecule has 1 saturated heterocycles. The van der Waals surface area contributed by atoms with E-state index >= 15 is 0 Å². The number of aromatic nitrogens is 27. The molecule has 1 aliphatic heterocycles. The van der Waals surface area contributed by atoms with Gasteiger partial charge in [0.1, 0.15) is 0 Å². The number of rotatable bonds is 15. The number of hydrogen-bond donors (Lipinski definition) is 0. The van der Waals surface area contributed by atoms with Gasteiger partial charge < -0.3 is 4.13 Å². The maximum atomic E-state index is 12.4. The smallest absolute Gasteiger partial charge is 0.399 e. The molecule has 19 heterocycles. The third-order valence-electron chi connectivity index (χ3n) is 18.2. The number of hydrogen-bond acceptors (Lipinski definition) is 22. The second kappa shape index (κ2) is 52.3. The molecule has 0 unspecified atom stereocenters. The molecule has 0 aromatic carbocycles. The number of nitrogens with zero attached hydrogens (tertiary/aromatic N) is 28. The van der Waals surface area contributed by atoms with Crippen LogP contribution in [-0.2, 0) is 109 Å². The van der Waals surface area contributed by atoms with E-state index in [-0.39, 0.29) is 50.3 Å². The fraction of sp³-hybridized carbons (Fsp3) is 0.200. The van der Waals surface area contributed by atoms with Crippen molar-refractivity contribution in [1.29, 1.82) is 0 Å². The molecule has 1 fully saturated rings. The molecule has 18 aromatic heterocycles. The van der Waals surface area contributed by atoms with Gasteiger partial charge in [-0.15, -0.1) is 0 Å². The van der Waals surface area contributed by atoms with E-state index in [1.165, 1.54) is 50.1 Å². The summed E-state index contributed by atoms with van der Waals surface area (Å²) in [5, 5.41) is 24.3. The molecule has 32 nitrogen and oxygen atoms in total. The van der Waals surface area contributed by atoms with Gasteiger partial charge in [0.25, 0.3) is 0 Å². The van der Waals surface area contributed by atoms with E-state index in [0.29, 0.717) is 0 Å². The van der Waals surface area contributed by atoms with Crippen molar-refractivity contribution in [2.75, 3.05) is 0 Å². The van der Waals surface area contributed by atoms with Gasteiger partial charge in [0.15, 0.2) is 72.4 Å². The van der Waals surface area contributed by atoms with Crippen molar-refractivity contribution in [3.63, 3.8) is 0 Å². The summed E-state index contributed by atoms with van der Waals surface area (Å²) >= 11 is 0. The van der Waals surface area contributed by atoms with Crippen LogP contribution in [0.1, 0.15) is 91.6 Å². The monoisotopic (exact) mass is 1980 g/mol. The van der Waals surface area contributed by atoms with Gasteiger partial charge in [0.2, 0.25) is 0 Å². The minimum atomic E-state index is -6.60. The SMILES string of the molecule is CCc1ccnc(-n2cccn2)c1.CCc1ccnc(-n2cccn2)c1.CCc1ccnc(-n2cccn2)c1.CCc1ccnc(-n2cccn2)c1.CCc1ccnc(-n2cccn2)c1.CCc1ccnc(-n2cccn2)c1.Cc1ccnc(-n2cccn2)c1.Cc1ccnc(-n2cccn2)c1.Cc1ccnc(-n2cccn2)c1.O=S1(=O)[N-]S(=O)(=O)C(F)(F)C(F)(F)C1(F)F.[Co].[Co].[Co]. The second-order valence-electron chi connectivity index (χ2n) is 27.5. The Labute approximate surface area is 795 Å². The maximum Gasteiger partial charge on any atom is 0.399 e. The Kier molecular flexibility index (Phi) is 41.8. The van der Waals surface area contributed by atoms with E-state index in [0.717, 1.165) is 95.0 Å². The number of aryl methyl sites for hydroxylation is 9. The zero-order valence-corrected chi connectivity index (χ0v) is 77.9. The first-order valence-electron chi connectivity index (χ1n) is 40.5. The average molecular weight is 1990 g/mol. The molecule has 0 amide bonds. The predicted molar refractivity (Wildman–Crippen MR) is 479 cm³/mol. The van der Waals surface area contributed by atoms with Gasteiger partial charge in [-0.05, 0) is 273 Å². The molecule has 0 bridgehead atoms. The molecule has 18 aromatic rings. The average Bonchev–Trinajstić information content (AvgIpc) is 1.05.